The number of rotatable bonds is 8. The van der Waals surface area contributed by atoms with Crippen LogP contribution < -0.4 is 11.0 Å². The second-order valence-corrected chi connectivity index (χ2v) is 14.0. The van der Waals surface area contributed by atoms with Crippen LogP contribution in [0.3, 0.4) is 0 Å². The highest BCUT2D eigenvalue weighted by molar-refractivity contribution is 9.10. The highest BCUT2D eigenvalue weighted by atomic mass is 79.9. The van der Waals surface area contributed by atoms with E-state index in [4.69, 9.17) is 0 Å². The number of amides is 2. The van der Waals surface area contributed by atoms with Crippen molar-refractivity contribution in [3.63, 3.8) is 0 Å². The van der Waals surface area contributed by atoms with Gasteiger partial charge in [-0.1, -0.05) is 47.1 Å². The lowest BCUT2D eigenvalue weighted by molar-refractivity contribution is -0.173. The van der Waals surface area contributed by atoms with Gasteiger partial charge < -0.3 is 10.2 Å². The summed E-state index contributed by atoms with van der Waals surface area (Å²) in [6, 6.07) is 18.8. The van der Waals surface area contributed by atoms with Gasteiger partial charge in [-0.05, 0) is 67.4 Å². The topological polar surface area (TPSA) is 120 Å². The van der Waals surface area contributed by atoms with Crippen LogP contribution in [0.15, 0.2) is 94.6 Å². The number of benzene rings is 3. The first kappa shape index (κ1) is 35.8. The predicted octanol–water partition coefficient (Wildman–Crippen LogP) is 6.69. The van der Waals surface area contributed by atoms with Crippen molar-refractivity contribution in [1.29, 1.82) is 0 Å². The van der Waals surface area contributed by atoms with Crippen LogP contribution in [0.2, 0.25) is 0 Å². The molecule has 1 aliphatic rings. The molecular formula is C38H34BrF3N8O3. The zero-order valence-corrected chi connectivity index (χ0v) is 30.5. The highest BCUT2D eigenvalue weighted by Crippen LogP contribution is 2.30. The fourth-order valence-electron chi connectivity index (χ4n) is 6.62. The summed E-state index contributed by atoms with van der Waals surface area (Å²) >= 11 is 3.48. The smallest absolute Gasteiger partial charge is 0.347 e. The van der Waals surface area contributed by atoms with Gasteiger partial charge in [-0.3, -0.25) is 23.4 Å². The number of hydrogen-bond donors (Lipinski definition) is 1. The number of carbonyl (C=O) groups excluding carboxylic acids is 2. The summed E-state index contributed by atoms with van der Waals surface area (Å²) in [7, 11) is 0. The highest BCUT2D eigenvalue weighted by Gasteiger charge is 2.37. The van der Waals surface area contributed by atoms with Gasteiger partial charge in [0.2, 0.25) is 0 Å². The summed E-state index contributed by atoms with van der Waals surface area (Å²) in [6.07, 6.45) is 0.306. The molecule has 0 saturated carbocycles. The summed E-state index contributed by atoms with van der Waals surface area (Å²) in [4.78, 5) is 53.0. The van der Waals surface area contributed by atoms with Gasteiger partial charge in [-0.15, -0.1) is 0 Å². The first-order valence-electron chi connectivity index (χ1n) is 16.9. The van der Waals surface area contributed by atoms with Crippen molar-refractivity contribution in [3.8, 4) is 17.1 Å². The lowest BCUT2D eigenvalue weighted by Crippen LogP contribution is -2.47. The third kappa shape index (κ3) is 6.88. The van der Waals surface area contributed by atoms with Gasteiger partial charge >= 0.3 is 11.9 Å². The molecule has 0 bridgehead atoms. The molecule has 0 radical (unpaired) electrons. The van der Waals surface area contributed by atoms with E-state index < -0.39 is 29.7 Å². The maximum absolute atomic E-state index is 14.4. The van der Waals surface area contributed by atoms with E-state index >= 15 is 0 Å². The van der Waals surface area contributed by atoms with E-state index in [1.54, 1.807) is 53.7 Å². The molecule has 0 spiro atoms. The minimum atomic E-state index is -4.39. The van der Waals surface area contributed by atoms with Crippen molar-refractivity contribution < 1.29 is 22.8 Å². The molecule has 3 aromatic carbocycles. The molecule has 7 rings (SSSR count). The normalized spacial score (nSPS) is 15.0. The molecule has 0 saturated heterocycles. The Morgan fingerprint density at radius 2 is 1.79 bits per heavy atom. The van der Waals surface area contributed by atoms with E-state index in [2.05, 4.69) is 36.3 Å². The predicted molar refractivity (Wildman–Crippen MR) is 195 cm³/mol. The molecule has 1 aliphatic heterocycles. The van der Waals surface area contributed by atoms with Gasteiger partial charge in [0.15, 0.2) is 5.82 Å². The van der Waals surface area contributed by atoms with Crippen LogP contribution in [-0.4, -0.2) is 57.8 Å². The van der Waals surface area contributed by atoms with Crippen LogP contribution in [0.4, 0.5) is 13.2 Å². The summed E-state index contributed by atoms with van der Waals surface area (Å²) in [5.41, 5.74) is 3.50. The molecule has 1 N–H and O–H groups in total. The molecule has 0 fully saturated rings. The van der Waals surface area contributed by atoms with Gasteiger partial charge in [0, 0.05) is 52.5 Å². The van der Waals surface area contributed by atoms with Crippen molar-refractivity contribution in [2.24, 2.45) is 5.92 Å². The second-order valence-electron chi connectivity index (χ2n) is 13.2. The fourth-order valence-corrected chi connectivity index (χ4v) is 6.86. The molecule has 3 aromatic heterocycles. The van der Waals surface area contributed by atoms with E-state index in [1.807, 2.05) is 44.2 Å². The molecule has 53 heavy (non-hydrogen) atoms. The van der Waals surface area contributed by atoms with E-state index in [9.17, 15) is 27.6 Å². The summed E-state index contributed by atoms with van der Waals surface area (Å²) in [6.45, 7) is 4.63. The van der Waals surface area contributed by atoms with E-state index in [0.29, 0.717) is 33.7 Å². The van der Waals surface area contributed by atoms with Crippen LogP contribution in [0, 0.1) is 12.8 Å². The zero-order valence-electron chi connectivity index (χ0n) is 28.9. The van der Waals surface area contributed by atoms with Gasteiger partial charge in [-0.25, -0.2) is 14.8 Å². The van der Waals surface area contributed by atoms with Gasteiger partial charge in [0.1, 0.15) is 5.69 Å². The Hall–Kier alpha value is -5.57. The number of imidazole rings is 1. The van der Waals surface area contributed by atoms with Crippen LogP contribution in [0.5, 0.6) is 0 Å². The Morgan fingerprint density at radius 3 is 2.53 bits per heavy atom. The Morgan fingerprint density at radius 1 is 1.04 bits per heavy atom. The van der Waals surface area contributed by atoms with E-state index in [0.717, 1.165) is 28.1 Å². The maximum atomic E-state index is 14.4. The number of halogens is 4. The van der Waals surface area contributed by atoms with Crippen LogP contribution in [0.1, 0.15) is 51.5 Å². The minimum absolute atomic E-state index is 0.0238. The third-order valence-electron chi connectivity index (χ3n) is 9.58. The molecule has 0 aliphatic carbocycles. The average molecular weight is 788 g/mol. The SMILES string of the molecule is Cc1cc(C(=O)N2Cc3c(C(=O)NCc4ccccc4-c4ncccn4)n(-c4ccc5c(cnn5C[C@@H](C)C(F)(F)F)c4)c(=O)n3C[C@H]2C)ccc1Br. The van der Waals surface area contributed by atoms with Crippen molar-refractivity contribution in [1.82, 2.24) is 39.1 Å². The van der Waals surface area contributed by atoms with Crippen molar-refractivity contribution >= 4 is 38.6 Å². The number of nitrogens with zero attached hydrogens (tertiary/aromatic N) is 7. The number of fused-ring (bicyclic) bond motifs is 2. The number of nitrogens with one attached hydrogen (secondary N) is 1. The summed E-state index contributed by atoms with van der Waals surface area (Å²) in [5, 5.41) is 7.66. The van der Waals surface area contributed by atoms with E-state index in [1.165, 1.54) is 20.0 Å². The average Bonchev–Trinajstić information content (AvgIpc) is 3.67. The Balaban J connectivity index is 1.29. The second kappa shape index (κ2) is 14.1. The van der Waals surface area contributed by atoms with Crippen LogP contribution in [-0.2, 0) is 26.2 Å². The van der Waals surface area contributed by atoms with Gasteiger partial charge in [0.05, 0.1) is 42.1 Å². The molecule has 2 atom stereocenters. The number of hydrogen-bond acceptors (Lipinski definition) is 6. The molecule has 272 valence electrons. The molecule has 6 aromatic rings. The maximum Gasteiger partial charge on any atom is 0.393 e. The number of alkyl halides is 3. The van der Waals surface area contributed by atoms with E-state index in [-0.39, 0.29) is 37.8 Å². The standard InChI is InChI=1S/C38H34BrF3N8O3/c1-22-15-25(9-11-30(22)39)36(52)47-21-32-33(35(51)45-17-26-7-4-5-8-29(26)34-43-13-6-14-44-34)50(37(53)48(32)20-24(47)3)28-10-12-31-27(16-28)18-46-49(31)19-23(2)38(40,41)42/h4-16,18,23-24H,17,19-21H2,1-3H3,(H,45,51)/t23-,24-/m1/s1. The zero-order chi connectivity index (χ0) is 37.6. The lowest BCUT2D eigenvalue weighted by atomic mass is 10.1. The Kier molecular flexibility index (Phi) is 9.53. The number of aryl methyl sites for hydroxylation is 1. The van der Waals surface area contributed by atoms with Crippen molar-refractivity contribution in [3.05, 3.63) is 128 Å². The largest absolute Gasteiger partial charge is 0.393 e. The molecule has 0 unspecified atom stereocenters. The monoisotopic (exact) mass is 786 g/mol. The molecule has 15 heteroatoms. The van der Waals surface area contributed by atoms with Gasteiger partial charge in [-0.2, -0.15) is 18.3 Å². The van der Waals surface area contributed by atoms with Crippen LogP contribution >= 0.6 is 15.9 Å². The van der Waals surface area contributed by atoms with Crippen molar-refractivity contribution in [2.45, 2.75) is 59.2 Å². The molecule has 4 heterocycles. The van der Waals surface area contributed by atoms with Crippen LogP contribution in [0.25, 0.3) is 28.0 Å². The summed E-state index contributed by atoms with van der Waals surface area (Å²) < 4.78 is 45.1. The Bertz CT molecular complexity index is 2420. The number of carbonyl (C=O) groups is 2. The minimum Gasteiger partial charge on any atom is -0.347 e. The fraction of sp³-hybridized carbons (Fsp3) is 0.263. The van der Waals surface area contributed by atoms with Crippen molar-refractivity contribution in [2.75, 3.05) is 0 Å². The summed E-state index contributed by atoms with van der Waals surface area (Å²) in [5.74, 6) is -1.95. The first-order chi connectivity index (χ1) is 25.3. The number of aromatic nitrogens is 6. The third-order valence-corrected chi connectivity index (χ3v) is 10.5. The molecule has 11 nitrogen and oxygen atoms in total. The molecular weight excluding hydrogens is 753 g/mol. The quantitative estimate of drug-likeness (QED) is 0.184. The Labute approximate surface area is 310 Å². The van der Waals surface area contributed by atoms with Gasteiger partial charge in [0.25, 0.3) is 11.8 Å². The first-order valence-corrected chi connectivity index (χ1v) is 17.7. The molecule has 2 amide bonds. The lowest BCUT2D eigenvalue weighted by Gasteiger charge is -2.34.